The zero-order valence-electron chi connectivity index (χ0n) is 19.1. The lowest BCUT2D eigenvalue weighted by molar-refractivity contribution is -0.0782. The van der Waals surface area contributed by atoms with Crippen LogP contribution in [-0.2, 0) is 14.2 Å². The molecule has 0 aliphatic carbocycles. The number of amides is 2. The van der Waals surface area contributed by atoms with Crippen molar-refractivity contribution in [3.8, 4) is 5.69 Å². The minimum Gasteiger partial charge on any atom is -0.444 e. The van der Waals surface area contributed by atoms with Crippen LogP contribution in [0.1, 0.15) is 33.6 Å². The highest BCUT2D eigenvalue weighted by atomic mass is 19.1. The SMILES string of the molecule is COC(=O)OC1(NC(=O)OC(C)(C)C)CCN(C(=O)n2nnn(-c3cccc(F)c3)c2=O)CC1. The van der Waals surface area contributed by atoms with E-state index < -0.39 is 41.1 Å². The van der Waals surface area contributed by atoms with E-state index in [1.54, 1.807) is 20.8 Å². The summed E-state index contributed by atoms with van der Waals surface area (Å²) in [7, 11) is 1.12. The number of tetrazole rings is 1. The van der Waals surface area contributed by atoms with Crippen molar-refractivity contribution in [2.75, 3.05) is 20.2 Å². The lowest BCUT2D eigenvalue weighted by atomic mass is 10.0. The molecule has 13 nitrogen and oxygen atoms in total. The molecule has 1 fully saturated rings. The molecular weight excluding hydrogens is 455 g/mol. The molecule has 1 aliphatic heterocycles. The third-order valence-corrected chi connectivity index (χ3v) is 4.83. The van der Waals surface area contributed by atoms with Gasteiger partial charge in [0.1, 0.15) is 11.4 Å². The Morgan fingerprint density at radius 1 is 1.15 bits per heavy atom. The zero-order chi connectivity index (χ0) is 25.1. The molecule has 0 spiro atoms. The van der Waals surface area contributed by atoms with Gasteiger partial charge in [-0.05, 0) is 49.4 Å². The van der Waals surface area contributed by atoms with E-state index in [1.165, 1.54) is 23.1 Å². The normalized spacial score (nSPS) is 15.4. The van der Waals surface area contributed by atoms with Crippen LogP contribution in [0.4, 0.5) is 18.8 Å². The maximum Gasteiger partial charge on any atom is 0.510 e. The van der Waals surface area contributed by atoms with E-state index in [0.29, 0.717) is 4.68 Å². The van der Waals surface area contributed by atoms with Crippen LogP contribution in [0, 0.1) is 5.82 Å². The van der Waals surface area contributed by atoms with Gasteiger partial charge < -0.3 is 19.1 Å². The molecule has 0 bridgehead atoms. The van der Waals surface area contributed by atoms with Crippen LogP contribution in [-0.4, -0.2) is 74.5 Å². The Morgan fingerprint density at radius 2 is 1.82 bits per heavy atom. The van der Waals surface area contributed by atoms with Crippen LogP contribution in [0.15, 0.2) is 29.1 Å². The molecule has 2 aromatic rings. The number of hydrogen-bond acceptors (Lipinski definition) is 9. The molecule has 184 valence electrons. The smallest absolute Gasteiger partial charge is 0.444 e. The largest absolute Gasteiger partial charge is 0.510 e. The molecule has 0 atom stereocenters. The molecule has 3 rings (SSSR count). The minimum absolute atomic E-state index is 0.00904. The number of rotatable bonds is 3. The quantitative estimate of drug-likeness (QED) is 0.393. The van der Waals surface area contributed by atoms with Gasteiger partial charge in [-0.25, -0.2) is 23.6 Å². The molecule has 0 saturated carbocycles. The van der Waals surface area contributed by atoms with Crippen molar-refractivity contribution in [2.24, 2.45) is 0 Å². The number of likely N-dealkylation sites (tertiary alicyclic amines) is 1. The molecule has 1 saturated heterocycles. The Kier molecular flexibility index (Phi) is 6.88. The molecule has 1 aromatic carbocycles. The number of piperidine rings is 1. The summed E-state index contributed by atoms with van der Waals surface area (Å²) in [5, 5.41) is 9.77. The highest BCUT2D eigenvalue weighted by Gasteiger charge is 2.43. The second-order valence-electron chi connectivity index (χ2n) is 8.51. The molecule has 0 unspecified atom stereocenters. The summed E-state index contributed by atoms with van der Waals surface area (Å²) < 4.78 is 29.9. The van der Waals surface area contributed by atoms with E-state index in [0.717, 1.165) is 17.9 Å². The molecule has 2 amide bonds. The van der Waals surface area contributed by atoms with Crippen molar-refractivity contribution in [3.05, 3.63) is 40.6 Å². The third kappa shape index (κ3) is 5.68. The molecule has 0 radical (unpaired) electrons. The standard InChI is InChI=1S/C20H25FN6O7/c1-19(2,3)33-15(28)22-20(34-18(31)32-4)8-10-25(11-9-20)16(29)27-17(30)26(23-24-27)14-7-5-6-13(21)12-14/h5-7,12H,8-11H2,1-4H3,(H,22,28). The van der Waals surface area contributed by atoms with Crippen molar-refractivity contribution < 1.29 is 33.0 Å². The third-order valence-electron chi connectivity index (χ3n) is 4.83. The van der Waals surface area contributed by atoms with Crippen LogP contribution in [0.2, 0.25) is 0 Å². The van der Waals surface area contributed by atoms with Gasteiger partial charge in [-0.1, -0.05) is 6.07 Å². The molecule has 1 aliphatic rings. The first kappa shape index (κ1) is 24.7. The highest BCUT2D eigenvalue weighted by Crippen LogP contribution is 2.25. The van der Waals surface area contributed by atoms with Crippen LogP contribution in [0.25, 0.3) is 5.69 Å². The van der Waals surface area contributed by atoms with Gasteiger partial charge in [0.2, 0.25) is 0 Å². The van der Waals surface area contributed by atoms with Gasteiger partial charge in [-0.15, -0.1) is 4.68 Å². The van der Waals surface area contributed by atoms with Gasteiger partial charge in [0.05, 0.1) is 12.8 Å². The predicted octanol–water partition coefficient (Wildman–Crippen LogP) is 1.64. The lowest BCUT2D eigenvalue weighted by Crippen LogP contribution is -2.59. The summed E-state index contributed by atoms with van der Waals surface area (Å²) in [6.45, 7) is 5.01. The fraction of sp³-hybridized carbons (Fsp3) is 0.500. The molecular formula is C20H25FN6O7. The molecule has 2 heterocycles. The second-order valence-corrected chi connectivity index (χ2v) is 8.51. The number of nitrogens with zero attached hydrogens (tertiary/aromatic N) is 5. The van der Waals surface area contributed by atoms with E-state index in [-0.39, 0.29) is 31.6 Å². The van der Waals surface area contributed by atoms with Gasteiger partial charge in [-0.3, -0.25) is 5.32 Å². The van der Waals surface area contributed by atoms with Gasteiger partial charge >= 0.3 is 24.0 Å². The van der Waals surface area contributed by atoms with Crippen LogP contribution in [0.3, 0.4) is 0 Å². The number of methoxy groups -OCH3 is 1. The predicted molar refractivity (Wildman–Crippen MR) is 113 cm³/mol. The maximum absolute atomic E-state index is 13.5. The highest BCUT2D eigenvalue weighted by molar-refractivity contribution is 5.76. The first-order chi connectivity index (χ1) is 15.9. The van der Waals surface area contributed by atoms with Crippen LogP contribution >= 0.6 is 0 Å². The fourth-order valence-electron chi connectivity index (χ4n) is 3.27. The summed E-state index contributed by atoms with van der Waals surface area (Å²) in [5.41, 5.74) is -3.06. The van der Waals surface area contributed by atoms with Crippen molar-refractivity contribution in [3.63, 3.8) is 0 Å². The number of halogens is 1. The monoisotopic (exact) mass is 480 g/mol. The average Bonchev–Trinajstić information content (AvgIpc) is 3.13. The minimum atomic E-state index is -1.49. The Balaban J connectivity index is 1.74. The van der Waals surface area contributed by atoms with Crippen LogP contribution in [0.5, 0.6) is 0 Å². The van der Waals surface area contributed by atoms with E-state index in [9.17, 15) is 23.6 Å². The number of hydrogen-bond donors (Lipinski definition) is 1. The number of benzene rings is 1. The lowest BCUT2D eigenvalue weighted by Gasteiger charge is -2.40. The summed E-state index contributed by atoms with van der Waals surface area (Å²) in [6, 6.07) is 4.33. The molecule has 1 N–H and O–H groups in total. The number of alkyl carbamates (subject to hydrolysis) is 1. The number of ether oxygens (including phenoxy) is 3. The number of carbonyl (C=O) groups is 3. The molecule has 1 aromatic heterocycles. The van der Waals surface area contributed by atoms with E-state index in [1.807, 2.05) is 0 Å². The van der Waals surface area contributed by atoms with E-state index in [4.69, 9.17) is 9.47 Å². The summed E-state index contributed by atoms with van der Waals surface area (Å²) in [6.07, 6.45) is -1.87. The van der Waals surface area contributed by atoms with Crippen LogP contribution < -0.4 is 11.0 Å². The summed E-state index contributed by atoms with van der Waals surface area (Å²) >= 11 is 0. The Morgan fingerprint density at radius 3 is 2.41 bits per heavy atom. The fourth-order valence-corrected chi connectivity index (χ4v) is 3.27. The van der Waals surface area contributed by atoms with Crippen molar-refractivity contribution in [1.82, 2.24) is 30.0 Å². The van der Waals surface area contributed by atoms with Gasteiger partial charge in [0, 0.05) is 25.9 Å². The number of aromatic nitrogens is 4. The second kappa shape index (κ2) is 9.49. The first-order valence-electron chi connectivity index (χ1n) is 10.3. The molecule has 14 heteroatoms. The van der Waals surface area contributed by atoms with Gasteiger partial charge in [0.25, 0.3) is 0 Å². The average molecular weight is 480 g/mol. The van der Waals surface area contributed by atoms with Crippen molar-refractivity contribution in [1.29, 1.82) is 0 Å². The Bertz CT molecular complexity index is 1130. The Labute approximate surface area is 193 Å². The summed E-state index contributed by atoms with van der Waals surface area (Å²) in [5.74, 6) is -0.583. The van der Waals surface area contributed by atoms with E-state index in [2.05, 4.69) is 20.5 Å². The molecule has 34 heavy (non-hydrogen) atoms. The first-order valence-corrected chi connectivity index (χ1v) is 10.3. The zero-order valence-corrected chi connectivity index (χ0v) is 19.1. The topological polar surface area (TPSA) is 147 Å². The maximum atomic E-state index is 13.5. The Hall–Kier alpha value is -3.97. The number of nitrogens with one attached hydrogen (secondary N) is 1. The van der Waals surface area contributed by atoms with Gasteiger partial charge in [-0.2, -0.15) is 4.68 Å². The van der Waals surface area contributed by atoms with E-state index >= 15 is 0 Å². The van der Waals surface area contributed by atoms with Crippen molar-refractivity contribution in [2.45, 2.75) is 44.9 Å². The van der Waals surface area contributed by atoms with Gasteiger partial charge in [0.15, 0.2) is 5.72 Å². The number of carbonyl (C=O) groups excluding carboxylic acids is 3. The summed E-state index contributed by atoms with van der Waals surface area (Å²) in [4.78, 5) is 50.9. The van der Waals surface area contributed by atoms with Crippen molar-refractivity contribution >= 4 is 18.3 Å².